The summed E-state index contributed by atoms with van der Waals surface area (Å²) in [5.74, 6) is 0. The number of hydrogen-bond donors (Lipinski definition) is 4. The van der Waals surface area contributed by atoms with Gasteiger partial charge in [-0.25, -0.2) is 9.78 Å². The third-order valence-corrected chi connectivity index (χ3v) is 3.16. The average Bonchev–Trinajstić information content (AvgIpc) is 2.92. The molecule has 1 aliphatic rings. The van der Waals surface area contributed by atoms with Crippen molar-refractivity contribution < 1.29 is 14.9 Å². The van der Waals surface area contributed by atoms with Crippen molar-refractivity contribution in [3.8, 4) is 0 Å². The fraction of sp³-hybridized carbons (Fsp3) is 0.500. The van der Waals surface area contributed by atoms with E-state index >= 15 is 0 Å². The van der Waals surface area contributed by atoms with Crippen LogP contribution in [-0.2, 0) is 4.74 Å². The highest BCUT2D eigenvalue weighted by molar-refractivity contribution is 5.68. The van der Waals surface area contributed by atoms with Gasteiger partial charge in [-0.15, -0.1) is 0 Å². The van der Waals surface area contributed by atoms with E-state index in [9.17, 15) is 14.7 Å². The van der Waals surface area contributed by atoms with Crippen LogP contribution in [0, 0.1) is 0 Å². The Bertz CT molecular complexity index is 717. The number of imidazole rings is 1. The minimum atomic E-state index is -0.804. The molecule has 0 aromatic carbocycles. The number of rotatable bonds is 2. The van der Waals surface area contributed by atoms with Crippen LogP contribution >= 0.6 is 0 Å². The fourth-order valence-corrected chi connectivity index (χ4v) is 2.22. The van der Waals surface area contributed by atoms with Crippen molar-refractivity contribution >= 4 is 11.2 Å². The van der Waals surface area contributed by atoms with Crippen LogP contribution < -0.4 is 11.2 Å². The molecule has 3 rings (SSSR count). The summed E-state index contributed by atoms with van der Waals surface area (Å²) in [6, 6.07) is 0. The zero-order valence-corrected chi connectivity index (χ0v) is 9.74. The molecule has 102 valence electrons. The maximum atomic E-state index is 11.5. The Hall–Kier alpha value is -1.97. The molecule has 0 unspecified atom stereocenters. The van der Waals surface area contributed by atoms with E-state index in [-0.39, 0.29) is 24.2 Å². The standard InChI is InChI=1S/C10H12N4O5/c15-2-5-4(16)1-6(19-5)14-3-11-7-8(14)12-10(18)13-9(7)17/h3-6,15-16H,1-2H2,(H2,12,13,17,18)/t4-,5+,6+/m1/s1. The highest BCUT2D eigenvalue weighted by Gasteiger charge is 2.35. The number of nitrogens with one attached hydrogen (secondary N) is 2. The normalized spacial score (nSPS) is 27.2. The smallest absolute Gasteiger partial charge is 0.327 e. The molecule has 3 heterocycles. The van der Waals surface area contributed by atoms with Crippen molar-refractivity contribution in [2.24, 2.45) is 0 Å². The maximum absolute atomic E-state index is 11.5. The lowest BCUT2D eigenvalue weighted by Gasteiger charge is -2.13. The number of aromatic nitrogens is 4. The van der Waals surface area contributed by atoms with Crippen LogP contribution in [0.5, 0.6) is 0 Å². The number of aliphatic hydroxyl groups excluding tert-OH is 2. The van der Waals surface area contributed by atoms with E-state index in [1.165, 1.54) is 10.9 Å². The average molecular weight is 268 g/mol. The van der Waals surface area contributed by atoms with Gasteiger partial charge in [0.25, 0.3) is 5.56 Å². The number of fused-ring (bicyclic) bond motifs is 1. The lowest BCUT2D eigenvalue weighted by atomic mass is 10.2. The summed E-state index contributed by atoms with van der Waals surface area (Å²) < 4.78 is 6.91. The Morgan fingerprint density at radius 3 is 2.95 bits per heavy atom. The molecule has 19 heavy (non-hydrogen) atoms. The molecule has 0 bridgehead atoms. The highest BCUT2D eigenvalue weighted by Crippen LogP contribution is 2.29. The number of aromatic amines is 2. The quantitative estimate of drug-likeness (QED) is 0.500. The molecule has 0 amide bonds. The van der Waals surface area contributed by atoms with E-state index < -0.39 is 29.7 Å². The van der Waals surface area contributed by atoms with Crippen molar-refractivity contribution in [2.45, 2.75) is 24.9 Å². The minimum absolute atomic E-state index is 0.0881. The Morgan fingerprint density at radius 2 is 2.26 bits per heavy atom. The van der Waals surface area contributed by atoms with Gasteiger partial charge in [0, 0.05) is 6.42 Å². The number of ether oxygens (including phenoxy) is 1. The van der Waals surface area contributed by atoms with Gasteiger partial charge in [0.2, 0.25) is 0 Å². The van der Waals surface area contributed by atoms with E-state index in [0.717, 1.165) is 0 Å². The molecule has 4 N–H and O–H groups in total. The highest BCUT2D eigenvalue weighted by atomic mass is 16.5. The number of hydrogen-bond acceptors (Lipinski definition) is 6. The first-order chi connectivity index (χ1) is 9.10. The molecular formula is C10H12N4O5. The van der Waals surface area contributed by atoms with Gasteiger partial charge in [0.1, 0.15) is 18.0 Å². The second-order valence-corrected chi connectivity index (χ2v) is 4.37. The Labute approximate surface area is 105 Å². The predicted octanol–water partition coefficient (Wildman–Crippen LogP) is -1.95. The summed E-state index contributed by atoms with van der Waals surface area (Å²) in [4.78, 5) is 31.2. The molecule has 0 spiro atoms. The second-order valence-electron chi connectivity index (χ2n) is 4.37. The number of H-pyrrole nitrogens is 2. The zero-order valence-electron chi connectivity index (χ0n) is 9.74. The summed E-state index contributed by atoms with van der Waals surface area (Å²) in [7, 11) is 0. The largest absolute Gasteiger partial charge is 0.394 e. The molecule has 1 saturated heterocycles. The summed E-state index contributed by atoms with van der Waals surface area (Å²) in [5, 5.41) is 18.7. The van der Waals surface area contributed by atoms with Crippen molar-refractivity contribution in [1.82, 2.24) is 19.5 Å². The topological polar surface area (TPSA) is 133 Å². The summed E-state index contributed by atoms with van der Waals surface area (Å²) >= 11 is 0. The van der Waals surface area contributed by atoms with Gasteiger partial charge in [0.15, 0.2) is 5.52 Å². The Kier molecular flexibility index (Phi) is 2.73. The first kappa shape index (κ1) is 12.1. The number of nitrogens with zero attached hydrogens (tertiary/aromatic N) is 2. The maximum Gasteiger partial charge on any atom is 0.327 e. The summed E-state index contributed by atoms with van der Waals surface area (Å²) in [5.41, 5.74) is -0.916. The van der Waals surface area contributed by atoms with E-state index in [1.54, 1.807) is 0 Å². The summed E-state index contributed by atoms with van der Waals surface area (Å²) in [6.45, 7) is -0.304. The van der Waals surface area contributed by atoms with Gasteiger partial charge in [0.05, 0.1) is 19.0 Å². The fourth-order valence-electron chi connectivity index (χ4n) is 2.22. The third-order valence-electron chi connectivity index (χ3n) is 3.16. The van der Waals surface area contributed by atoms with Crippen molar-refractivity contribution in [3.05, 3.63) is 27.2 Å². The summed E-state index contributed by atoms with van der Waals surface area (Å²) in [6.07, 6.45) is -0.481. The van der Waals surface area contributed by atoms with Gasteiger partial charge in [-0.1, -0.05) is 0 Å². The lowest BCUT2D eigenvalue weighted by molar-refractivity contribution is -0.0432. The van der Waals surface area contributed by atoms with Crippen LogP contribution in [0.25, 0.3) is 11.2 Å². The predicted molar refractivity (Wildman–Crippen MR) is 62.6 cm³/mol. The van der Waals surface area contributed by atoms with Crippen molar-refractivity contribution in [2.75, 3.05) is 6.61 Å². The van der Waals surface area contributed by atoms with Gasteiger partial charge >= 0.3 is 5.69 Å². The molecule has 1 aliphatic heterocycles. The zero-order chi connectivity index (χ0) is 13.6. The van der Waals surface area contributed by atoms with E-state index in [1.807, 2.05) is 0 Å². The van der Waals surface area contributed by atoms with Gasteiger partial charge in [-0.3, -0.25) is 19.3 Å². The molecular weight excluding hydrogens is 256 g/mol. The van der Waals surface area contributed by atoms with Gasteiger partial charge in [-0.05, 0) is 0 Å². The molecule has 0 saturated carbocycles. The monoisotopic (exact) mass is 268 g/mol. The molecule has 9 nitrogen and oxygen atoms in total. The van der Waals surface area contributed by atoms with E-state index in [4.69, 9.17) is 9.84 Å². The third kappa shape index (κ3) is 1.87. The minimum Gasteiger partial charge on any atom is -0.394 e. The van der Waals surface area contributed by atoms with Crippen molar-refractivity contribution in [1.29, 1.82) is 0 Å². The van der Waals surface area contributed by atoms with Crippen LogP contribution in [0.4, 0.5) is 0 Å². The second kappa shape index (κ2) is 4.30. The van der Waals surface area contributed by atoms with Crippen LogP contribution in [0.15, 0.2) is 15.9 Å². The molecule has 9 heteroatoms. The lowest BCUT2D eigenvalue weighted by Crippen LogP contribution is -2.24. The van der Waals surface area contributed by atoms with Crippen molar-refractivity contribution in [3.63, 3.8) is 0 Å². The first-order valence-electron chi connectivity index (χ1n) is 5.73. The Balaban J connectivity index is 2.07. The molecule has 2 aromatic heterocycles. The molecule has 2 aromatic rings. The Morgan fingerprint density at radius 1 is 1.47 bits per heavy atom. The molecule has 1 fully saturated rings. The SMILES string of the molecule is O=c1[nH]c(=O)c2ncn([C@@H]3C[C@@H](O)[C@H](CO)O3)c2[nH]1. The van der Waals surface area contributed by atoms with Crippen LogP contribution in [0.1, 0.15) is 12.6 Å². The molecule has 0 radical (unpaired) electrons. The molecule has 3 atom stereocenters. The van der Waals surface area contributed by atoms with E-state index in [0.29, 0.717) is 0 Å². The number of aliphatic hydroxyl groups is 2. The van der Waals surface area contributed by atoms with Gasteiger partial charge < -0.3 is 14.9 Å². The van der Waals surface area contributed by atoms with Gasteiger partial charge in [-0.2, -0.15) is 0 Å². The van der Waals surface area contributed by atoms with Crippen LogP contribution in [-0.4, -0.2) is 48.5 Å². The van der Waals surface area contributed by atoms with Crippen LogP contribution in [0.3, 0.4) is 0 Å². The van der Waals surface area contributed by atoms with E-state index in [2.05, 4.69) is 15.0 Å². The van der Waals surface area contributed by atoms with Crippen LogP contribution in [0.2, 0.25) is 0 Å². The molecule has 0 aliphatic carbocycles. The first-order valence-corrected chi connectivity index (χ1v) is 5.73.